The lowest BCUT2D eigenvalue weighted by Crippen LogP contribution is -2.10. The summed E-state index contributed by atoms with van der Waals surface area (Å²) < 4.78 is 0.818. The monoisotopic (exact) mass is 245 g/mol. The molecule has 1 rings (SSSR count). The average molecular weight is 246 g/mol. The Morgan fingerprint density at radius 2 is 2.08 bits per heavy atom. The van der Waals surface area contributed by atoms with Crippen molar-refractivity contribution in [3.8, 4) is 11.5 Å². The zero-order valence-corrected chi connectivity index (χ0v) is 8.93. The first-order valence-corrected chi connectivity index (χ1v) is 4.80. The summed E-state index contributed by atoms with van der Waals surface area (Å²) in [5, 5.41) is 21.7. The van der Waals surface area contributed by atoms with E-state index >= 15 is 0 Å². The van der Waals surface area contributed by atoms with Crippen LogP contribution in [0.4, 0.5) is 0 Å². The highest BCUT2D eigenvalue weighted by atomic mass is 79.9. The Morgan fingerprint density at radius 3 is 2.69 bits per heavy atom. The van der Waals surface area contributed by atoms with E-state index in [-0.39, 0.29) is 11.5 Å². The molecule has 0 bridgehead atoms. The molecular formula is C9H12BrNO2. The van der Waals surface area contributed by atoms with Gasteiger partial charge in [0.25, 0.3) is 0 Å². The maximum atomic E-state index is 9.50. The first-order chi connectivity index (χ1) is 6.16. The lowest BCUT2D eigenvalue weighted by atomic mass is 10.1. The molecule has 0 aliphatic rings. The fourth-order valence-corrected chi connectivity index (χ4v) is 1.61. The summed E-state index contributed by atoms with van der Waals surface area (Å²) in [7, 11) is 1.84. The van der Waals surface area contributed by atoms with E-state index in [0.29, 0.717) is 6.42 Å². The summed E-state index contributed by atoms with van der Waals surface area (Å²) in [5.41, 5.74) is 0.731. The van der Waals surface area contributed by atoms with Crippen molar-refractivity contribution < 1.29 is 10.2 Å². The second-order valence-corrected chi connectivity index (χ2v) is 3.60. The van der Waals surface area contributed by atoms with Crippen LogP contribution in [0.1, 0.15) is 5.56 Å². The Kier molecular flexibility index (Phi) is 3.57. The highest BCUT2D eigenvalue weighted by molar-refractivity contribution is 9.10. The smallest absolute Gasteiger partial charge is 0.161 e. The van der Waals surface area contributed by atoms with Gasteiger partial charge >= 0.3 is 0 Å². The number of benzene rings is 1. The predicted molar refractivity (Wildman–Crippen MR) is 55.1 cm³/mol. The van der Waals surface area contributed by atoms with Crippen LogP contribution < -0.4 is 5.32 Å². The fourth-order valence-electron chi connectivity index (χ4n) is 1.09. The van der Waals surface area contributed by atoms with Crippen molar-refractivity contribution >= 4 is 15.9 Å². The van der Waals surface area contributed by atoms with Gasteiger partial charge in [-0.3, -0.25) is 0 Å². The maximum Gasteiger partial charge on any atom is 0.161 e. The molecule has 0 amide bonds. The minimum atomic E-state index is -0.0747. The molecule has 1 aromatic carbocycles. The van der Waals surface area contributed by atoms with Crippen LogP contribution in [0.3, 0.4) is 0 Å². The van der Waals surface area contributed by atoms with Crippen LogP contribution in [0, 0.1) is 0 Å². The molecule has 0 heterocycles. The van der Waals surface area contributed by atoms with Crippen molar-refractivity contribution in [2.75, 3.05) is 13.6 Å². The Morgan fingerprint density at radius 1 is 1.38 bits per heavy atom. The Balaban J connectivity index is 2.96. The largest absolute Gasteiger partial charge is 0.504 e. The first-order valence-electron chi connectivity index (χ1n) is 4.00. The van der Waals surface area contributed by atoms with E-state index in [0.717, 1.165) is 16.6 Å². The number of hydrogen-bond donors (Lipinski definition) is 3. The fraction of sp³-hybridized carbons (Fsp3) is 0.333. The summed E-state index contributed by atoms with van der Waals surface area (Å²) in [6.45, 7) is 0.760. The molecular weight excluding hydrogens is 234 g/mol. The van der Waals surface area contributed by atoms with Crippen LogP contribution in [0.15, 0.2) is 16.6 Å². The third kappa shape index (κ3) is 2.35. The number of halogens is 1. The molecule has 1 aromatic rings. The van der Waals surface area contributed by atoms with Crippen molar-refractivity contribution in [2.24, 2.45) is 0 Å². The van der Waals surface area contributed by atoms with Gasteiger partial charge in [0.2, 0.25) is 0 Å². The van der Waals surface area contributed by atoms with Crippen LogP contribution >= 0.6 is 15.9 Å². The molecule has 0 saturated carbocycles. The van der Waals surface area contributed by atoms with E-state index < -0.39 is 0 Å². The van der Waals surface area contributed by atoms with E-state index in [1.165, 1.54) is 6.07 Å². The molecule has 0 aromatic heterocycles. The predicted octanol–water partition coefficient (Wildman–Crippen LogP) is 1.62. The van der Waals surface area contributed by atoms with E-state index in [1.54, 1.807) is 6.07 Å². The van der Waals surface area contributed by atoms with Crippen molar-refractivity contribution in [1.82, 2.24) is 5.32 Å². The van der Waals surface area contributed by atoms with Crippen molar-refractivity contribution in [2.45, 2.75) is 6.42 Å². The number of phenolic OH excluding ortho intramolecular Hbond substituents is 2. The third-order valence-corrected chi connectivity index (χ3v) is 2.57. The minimum absolute atomic E-state index is 0.0374. The van der Waals surface area contributed by atoms with E-state index in [4.69, 9.17) is 0 Å². The molecule has 13 heavy (non-hydrogen) atoms. The van der Waals surface area contributed by atoms with Gasteiger partial charge in [0.15, 0.2) is 11.5 Å². The first kappa shape index (κ1) is 10.3. The second kappa shape index (κ2) is 4.48. The SMILES string of the molecule is CNCCc1c(Br)ccc(O)c1O. The van der Waals surface area contributed by atoms with E-state index in [9.17, 15) is 10.2 Å². The number of likely N-dealkylation sites (N-methyl/N-ethyl adjacent to an activating group) is 1. The van der Waals surface area contributed by atoms with Gasteiger partial charge < -0.3 is 15.5 Å². The van der Waals surface area contributed by atoms with Crippen LogP contribution in [0.5, 0.6) is 11.5 Å². The maximum absolute atomic E-state index is 9.50. The normalized spacial score (nSPS) is 10.3. The number of rotatable bonds is 3. The van der Waals surface area contributed by atoms with Crippen molar-refractivity contribution in [1.29, 1.82) is 0 Å². The number of aromatic hydroxyl groups is 2. The molecule has 0 saturated heterocycles. The lowest BCUT2D eigenvalue weighted by molar-refractivity contribution is 0.398. The summed E-state index contributed by atoms with van der Waals surface area (Å²) in [6.07, 6.45) is 0.678. The second-order valence-electron chi connectivity index (χ2n) is 2.75. The van der Waals surface area contributed by atoms with Crippen LogP contribution in [-0.2, 0) is 6.42 Å². The Bertz CT molecular complexity index is 302. The Labute approximate surface area is 85.5 Å². The zero-order valence-electron chi connectivity index (χ0n) is 7.34. The molecule has 0 radical (unpaired) electrons. The van der Waals surface area contributed by atoms with Crippen molar-refractivity contribution in [3.63, 3.8) is 0 Å². The average Bonchev–Trinajstić information content (AvgIpc) is 2.12. The molecule has 0 atom stereocenters. The molecule has 0 aliphatic carbocycles. The lowest BCUT2D eigenvalue weighted by Gasteiger charge is -2.07. The number of phenols is 2. The summed E-state index contributed by atoms with van der Waals surface area (Å²) in [6, 6.07) is 3.18. The van der Waals surface area contributed by atoms with Gasteiger partial charge in [-0.15, -0.1) is 0 Å². The molecule has 0 spiro atoms. The van der Waals surface area contributed by atoms with Crippen molar-refractivity contribution in [3.05, 3.63) is 22.2 Å². The zero-order chi connectivity index (χ0) is 9.84. The molecule has 0 unspecified atom stereocenters. The highest BCUT2D eigenvalue weighted by Gasteiger charge is 2.09. The van der Waals surface area contributed by atoms with Gasteiger partial charge in [-0.1, -0.05) is 15.9 Å². The standard InChI is InChI=1S/C9H12BrNO2/c1-11-5-4-6-7(10)2-3-8(12)9(6)13/h2-3,11-13H,4-5H2,1H3. The van der Waals surface area contributed by atoms with Crippen LogP contribution in [0.2, 0.25) is 0 Å². The number of nitrogens with one attached hydrogen (secondary N) is 1. The molecule has 0 aliphatic heterocycles. The van der Waals surface area contributed by atoms with Gasteiger partial charge in [-0.05, 0) is 32.1 Å². The minimum Gasteiger partial charge on any atom is -0.504 e. The van der Waals surface area contributed by atoms with Gasteiger partial charge in [-0.2, -0.15) is 0 Å². The summed E-state index contributed by atoms with van der Waals surface area (Å²) in [5.74, 6) is -0.112. The molecule has 3 N–H and O–H groups in total. The topological polar surface area (TPSA) is 52.5 Å². The van der Waals surface area contributed by atoms with Gasteiger partial charge in [0.1, 0.15) is 0 Å². The van der Waals surface area contributed by atoms with Crippen LogP contribution in [-0.4, -0.2) is 23.8 Å². The number of hydrogen-bond acceptors (Lipinski definition) is 3. The van der Waals surface area contributed by atoms with Crippen LogP contribution in [0.25, 0.3) is 0 Å². The highest BCUT2D eigenvalue weighted by Crippen LogP contribution is 2.34. The molecule has 3 nitrogen and oxygen atoms in total. The molecule has 72 valence electrons. The Hall–Kier alpha value is -0.740. The van der Waals surface area contributed by atoms with E-state index in [1.807, 2.05) is 7.05 Å². The van der Waals surface area contributed by atoms with E-state index in [2.05, 4.69) is 21.2 Å². The van der Waals surface area contributed by atoms with Gasteiger partial charge in [0.05, 0.1) is 0 Å². The third-order valence-electron chi connectivity index (χ3n) is 1.83. The summed E-state index contributed by atoms with van der Waals surface area (Å²) in [4.78, 5) is 0. The molecule has 4 heteroatoms. The quantitative estimate of drug-likeness (QED) is 0.710. The molecule has 0 fully saturated rings. The van der Waals surface area contributed by atoms with Gasteiger partial charge in [0, 0.05) is 10.0 Å². The summed E-state index contributed by atoms with van der Waals surface area (Å²) >= 11 is 3.31. The van der Waals surface area contributed by atoms with Gasteiger partial charge in [-0.25, -0.2) is 0 Å².